The average molecular weight is 237 g/mol. The number of rotatable bonds is 4. The van der Waals surface area contributed by atoms with Gasteiger partial charge in [0.1, 0.15) is 11.6 Å². The number of halogens is 1. The lowest BCUT2D eigenvalue weighted by Gasteiger charge is -2.25. The van der Waals surface area contributed by atoms with Gasteiger partial charge >= 0.3 is 0 Å². The van der Waals surface area contributed by atoms with Gasteiger partial charge in [0.25, 0.3) is 0 Å². The summed E-state index contributed by atoms with van der Waals surface area (Å²) in [6, 6.07) is 6.37. The summed E-state index contributed by atoms with van der Waals surface area (Å²) in [5, 5.41) is 3.35. The molecule has 0 amide bonds. The minimum absolute atomic E-state index is 0.153. The van der Waals surface area contributed by atoms with Gasteiger partial charge in [-0.05, 0) is 57.3 Å². The molecule has 0 bridgehead atoms. The number of nitrogens with one attached hydrogen (secondary N) is 1. The van der Waals surface area contributed by atoms with Crippen molar-refractivity contribution in [2.24, 2.45) is 5.92 Å². The molecule has 0 aromatic heterocycles. The van der Waals surface area contributed by atoms with Crippen LogP contribution in [0.3, 0.4) is 0 Å². The molecule has 1 aliphatic rings. The SMILES string of the molecule is CC(CC1CCNCC1)Oc1cccc(F)c1. The smallest absolute Gasteiger partial charge is 0.126 e. The van der Waals surface area contributed by atoms with Gasteiger partial charge < -0.3 is 10.1 Å². The van der Waals surface area contributed by atoms with Gasteiger partial charge in [-0.25, -0.2) is 4.39 Å². The first-order valence-corrected chi connectivity index (χ1v) is 6.37. The van der Waals surface area contributed by atoms with Crippen LogP contribution < -0.4 is 10.1 Å². The third kappa shape index (κ3) is 4.00. The third-order valence-corrected chi connectivity index (χ3v) is 3.26. The zero-order valence-electron chi connectivity index (χ0n) is 10.3. The van der Waals surface area contributed by atoms with Crippen molar-refractivity contribution in [3.63, 3.8) is 0 Å². The van der Waals surface area contributed by atoms with E-state index in [9.17, 15) is 4.39 Å². The Balaban J connectivity index is 1.82. The van der Waals surface area contributed by atoms with E-state index >= 15 is 0 Å². The molecule has 1 heterocycles. The van der Waals surface area contributed by atoms with Crippen molar-refractivity contribution >= 4 is 0 Å². The van der Waals surface area contributed by atoms with Crippen molar-refractivity contribution in [2.45, 2.75) is 32.3 Å². The largest absolute Gasteiger partial charge is 0.491 e. The molecule has 1 N–H and O–H groups in total. The van der Waals surface area contributed by atoms with Crippen LogP contribution in [-0.2, 0) is 0 Å². The van der Waals surface area contributed by atoms with Gasteiger partial charge in [-0.2, -0.15) is 0 Å². The quantitative estimate of drug-likeness (QED) is 0.869. The first kappa shape index (κ1) is 12.4. The molecule has 0 radical (unpaired) electrons. The van der Waals surface area contributed by atoms with Gasteiger partial charge in [-0.15, -0.1) is 0 Å². The van der Waals surface area contributed by atoms with E-state index in [4.69, 9.17) is 4.74 Å². The lowest BCUT2D eigenvalue weighted by Crippen LogP contribution is -2.30. The number of benzene rings is 1. The summed E-state index contributed by atoms with van der Waals surface area (Å²) < 4.78 is 18.7. The maximum Gasteiger partial charge on any atom is 0.126 e. The minimum atomic E-state index is -0.239. The molecule has 0 saturated carbocycles. The molecule has 1 atom stereocenters. The van der Waals surface area contributed by atoms with Crippen LogP contribution in [0.5, 0.6) is 5.75 Å². The Bertz CT molecular complexity index is 350. The van der Waals surface area contributed by atoms with Crippen LogP contribution >= 0.6 is 0 Å². The van der Waals surface area contributed by atoms with E-state index in [2.05, 4.69) is 12.2 Å². The van der Waals surface area contributed by atoms with E-state index in [-0.39, 0.29) is 11.9 Å². The fraction of sp³-hybridized carbons (Fsp3) is 0.571. The molecule has 1 aromatic carbocycles. The summed E-state index contributed by atoms with van der Waals surface area (Å²) in [7, 11) is 0. The Morgan fingerprint density at radius 2 is 2.18 bits per heavy atom. The van der Waals surface area contributed by atoms with Crippen molar-refractivity contribution in [1.29, 1.82) is 0 Å². The molecule has 2 rings (SSSR count). The van der Waals surface area contributed by atoms with Crippen molar-refractivity contribution < 1.29 is 9.13 Å². The first-order valence-electron chi connectivity index (χ1n) is 6.37. The second kappa shape index (κ2) is 6.01. The van der Waals surface area contributed by atoms with Gasteiger partial charge in [0.05, 0.1) is 6.10 Å². The summed E-state index contributed by atoms with van der Waals surface area (Å²) in [6.45, 7) is 4.28. The molecule has 1 aliphatic heterocycles. The van der Waals surface area contributed by atoms with Crippen LogP contribution in [0.15, 0.2) is 24.3 Å². The van der Waals surface area contributed by atoms with Crippen LogP contribution in [0, 0.1) is 11.7 Å². The summed E-state index contributed by atoms with van der Waals surface area (Å²) in [5.41, 5.74) is 0. The van der Waals surface area contributed by atoms with Gasteiger partial charge in [0, 0.05) is 6.07 Å². The topological polar surface area (TPSA) is 21.3 Å². The highest BCUT2D eigenvalue weighted by Gasteiger charge is 2.17. The molecule has 1 unspecified atom stereocenters. The monoisotopic (exact) mass is 237 g/mol. The molecule has 2 nitrogen and oxygen atoms in total. The molecule has 1 fully saturated rings. The highest BCUT2D eigenvalue weighted by molar-refractivity contribution is 5.22. The van der Waals surface area contributed by atoms with E-state index in [1.807, 2.05) is 6.07 Å². The number of hydrogen-bond donors (Lipinski definition) is 1. The maximum absolute atomic E-state index is 13.0. The highest BCUT2D eigenvalue weighted by Crippen LogP contribution is 2.21. The predicted octanol–water partition coefficient (Wildman–Crippen LogP) is 2.98. The summed E-state index contributed by atoms with van der Waals surface area (Å²) in [5.74, 6) is 1.13. The number of piperidine rings is 1. The van der Waals surface area contributed by atoms with E-state index < -0.39 is 0 Å². The molecule has 17 heavy (non-hydrogen) atoms. The van der Waals surface area contributed by atoms with Crippen molar-refractivity contribution in [3.05, 3.63) is 30.1 Å². The summed E-state index contributed by atoms with van der Waals surface area (Å²) in [6.07, 6.45) is 3.64. The van der Waals surface area contributed by atoms with E-state index in [1.165, 1.54) is 25.0 Å². The first-order chi connectivity index (χ1) is 8.24. The molecule has 1 saturated heterocycles. The summed E-state index contributed by atoms with van der Waals surface area (Å²) >= 11 is 0. The Labute approximate surface area is 102 Å². The predicted molar refractivity (Wildman–Crippen MR) is 66.7 cm³/mol. The Morgan fingerprint density at radius 3 is 2.88 bits per heavy atom. The lowest BCUT2D eigenvalue weighted by atomic mass is 9.92. The van der Waals surface area contributed by atoms with Gasteiger partial charge in [0.2, 0.25) is 0 Å². The van der Waals surface area contributed by atoms with Crippen molar-refractivity contribution in [2.75, 3.05) is 13.1 Å². The average Bonchev–Trinajstić information content (AvgIpc) is 2.30. The fourth-order valence-corrected chi connectivity index (χ4v) is 2.41. The Kier molecular flexibility index (Phi) is 4.37. The Hall–Kier alpha value is -1.09. The van der Waals surface area contributed by atoms with E-state index in [0.717, 1.165) is 25.4 Å². The van der Waals surface area contributed by atoms with Crippen LogP contribution in [0.4, 0.5) is 4.39 Å². The molecule has 0 spiro atoms. The fourth-order valence-electron chi connectivity index (χ4n) is 2.41. The summed E-state index contributed by atoms with van der Waals surface area (Å²) in [4.78, 5) is 0. The number of ether oxygens (including phenoxy) is 1. The van der Waals surface area contributed by atoms with E-state index in [0.29, 0.717) is 5.75 Å². The molecular weight excluding hydrogens is 217 g/mol. The Morgan fingerprint density at radius 1 is 1.41 bits per heavy atom. The molecular formula is C14H20FNO. The number of hydrogen-bond acceptors (Lipinski definition) is 2. The van der Waals surface area contributed by atoms with E-state index in [1.54, 1.807) is 6.07 Å². The maximum atomic E-state index is 13.0. The van der Waals surface area contributed by atoms with Crippen LogP contribution in [0.25, 0.3) is 0 Å². The van der Waals surface area contributed by atoms with Crippen LogP contribution in [0.2, 0.25) is 0 Å². The standard InChI is InChI=1S/C14H20FNO/c1-11(9-12-5-7-16-8-6-12)17-14-4-2-3-13(15)10-14/h2-4,10-12,16H,5-9H2,1H3. The third-order valence-electron chi connectivity index (χ3n) is 3.26. The van der Waals surface area contributed by atoms with Gasteiger partial charge in [0.15, 0.2) is 0 Å². The second-order valence-corrected chi connectivity index (χ2v) is 4.81. The molecule has 3 heteroatoms. The zero-order valence-corrected chi connectivity index (χ0v) is 10.3. The molecule has 1 aromatic rings. The normalized spacial score (nSPS) is 18.9. The molecule has 94 valence electrons. The van der Waals surface area contributed by atoms with Crippen molar-refractivity contribution in [1.82, 2.24) is 5.32 Å². The van der Waals surface area contributed by atoms with Crippen LogP contribution in [0.1, 0.15) is 26.2 Å². The van der Waals surface area contributed by atoms with Gasteiger partial charge in [-0.3, -0.25) is 0 Å². The second-order valence-electron chi connectivity index (χ2n) is 4.81. The van der Waals surface area contributed by atoms with Crippen LogP contribution in [-0.4, -0.2) is 19.2 Å². The lowest BCUT2D eigenvalue weighted by molar-refractivity contribution is 0.171. The highest BCUT2D eigenvalue weighted by atomic mass is 19.1. The van der Waals surface area contributed by atoms with Crippen molar-refractivity contribution in [3.8, 4) is 5.75 Å². The molecule has 0 aliphatic carbocycles. The zero-order chi connectivity index (χ0) is 12.1. The minimum Gasteiger partial charge on any atom is -0.491 e. The van der Waals surface area contributed by atoms with Gasteiger partial charge in [-0.1, -0.05) is 6.07 Å².